The lowest BCUT2D eigenvalue weighted by Crippen LogP contribution is -2.01. The summed E-state index contributed by atoms with van der Waals surface area (Å²) in [6.45, 7) is 0.214. The van der Waals surface area contributed by atoms with Crippen LogP contribution in [0.4, 0.5) is 5.82 Å². The largest absolute Gasteiger partial charge is 0.504 e. The Balaban J connectivity index is 1.55. The van der Waals surface area contributed by atoms with Gasteiger partial charge in [0.05, 0.1) is 14.2 Å². The van der Waals surface area contributed by atoms with Crippen LogP contribution in [0, 0.1) is 0 Å². The summed E-state index contributed by atoms with van der Waals surface area (Å²) in [6, 6.07) is 21.6. The van der Waals surface area contributed by atoms with Gasteiger partial charge in [-0.3, -0.25) is 4.40 Å². The van der Waals surface area contributed by atoms with Crippen molar-refractivity contribution in [2.45, 2.75) is 6.61 Å². The number of phenolic OH excluding ortho intramolecular Hbond substituents is 1. The van der Waals surface area contributed by atoms with Crippen molar-refractivity contribution in [3.8, 4) is 34.3 Å². The highest BCUT2D eigenvalue weighted by Gasteiger charge is 2.16. The normalized spacial score (nSPS) is 11.3. The van der Waals surface area contributed by atoms with Crippen molar-refractivity contribution in [1.82, 2.24) is 9.38 Å². The van der Waals surface area contributed by atoms with E-state index < -0.39 is 0 Å². The zero-order valence-corrected chi connectivity index (χ0v) is 22.1. The smallest absolute Gasteiger partial charge is 0.170 e. The van der Waals surface area contributed by atoms with E-state index in [9.17, 15) is 5.11 Å². The van der Waals surface area contributed by atoms with Crippen molar-refractivity contribution in [1.29, 1.82) is 0 Å². The van der Waals surface area contributed by atoms with E-state index in [4.69, 9.17) is 47.4 Å². The van der Waals surface area contributed by atoms with Crippen LogP contribution >= 0.6 is 23.2 Å². The van der Waals surface area contributed by atoms with E-state index >= 15 is 0 Å². The zero-order valence-electron chi connectivity index (χ0n) is 20.6. The van der Waals surface area contributed by atoms with Crippen LogP contribution in [-0.4, -0.2) is 34.9 Å². The van der Waals surface area contributed by atoms with Gasteiger partial charge in [-0.15, -0.1) is 0 Å². The summed E-state index contributed by atoms with van der Waals surface area (Å²) in [5, 5.41) is 11.1. The first-order valence-corrected chi connectivity index (χ1v) is 12.4. The number of aromatic hydroxyl groups is 1. The number of halogens is 2. The van der Waals surface area contributed by atoms with Gasteiger partial charge >= 0.3 is 0 Å². The van der Waals surface area contributed by atoms with Crippen LogP contribution in [0.1, 0.15) is 11.1 Å². The molecule has 0 saturated carbocycles. The molecule has 0 fully saturated rings. The van der Waals surface area contributed by atoms with Crippen LogP contribution in [0.15, 0.2) is 84.0 Å². The third-order valence-corrected chi connectivity index (χ3v) is 6.49. The van der Waals surface area contributed by atoms with E-state index in [2.05, 4.69) is 0 Å². The number of pyridine rings is 1. The number of aromatic nitrogens is 2. The Morgan fingerprint density at radius 1 is 0.947 bits per heavy atom. The van der Waals surface area contributed by atoms with Crippen molar-refractivity contribution < 1.29 is 19.3 Å². The predicted molar refractivity (Wildman–Crippen MR) is 150 cm³/mol. The fraction of sp³-hybridized carbons (Fsp3) is 0.103. The first kappa shape index (κ1) is 25.4. The summed E-state index contributed by atoms with van der Waals surface area (Å²) in [6.07, 6.45) is 3.60. The average molecular weight is 548 g/mol. The van der Waals surface area contributed by atoms with Crippen LogP contribution in [-0.2, 0) is 6.61 Å². The van der Waals surface area contributed by atoms with Gasteiger partial charge in [-0.2, -0.15) is 0 Å². The summed E-state index contributed by atoms with van der Waals surface area (Å²) in [7, 11) is 3.09. The minimum atomic E-state index is 0.0454. The van der Waals surface area contributed by atoms with Gasteiger partial charge in [0.15, 0.2) is 28.8 Å². The number of para-hydroxylation sites is 1. The molecule has 3 aromatic carbocycles. The molecule has 5 rings (SSSR count). The first-order valence-electron chi connectivity index (χ1n) is 11.6. The molecule has 9 heteroatoms. The molecule has 7 nitrogen and oxygen atoms in total. The number of hydrogen-bond acceptors (Lipinski definition) is 6. The van der Waals surface area contributed by atoms with E-state index in [0.29, 0.717) is 44.4 Å². The lowest BCUT2D eigenvalue weighted by atomic mass is 10.1. The molecule has 2 aromatic heterocycles. The van der Waals surface area contributed by atoms with Crippen LogP contribution in [0.5, 0.6) is 23.0 Å². The van der Waals surface area contributed by atoms with Gasteiger partial charge in [-0.05, 0) is 54.6 Å². The quantitative estimate of drug-likeness (QED) is 0.205. The Morgan fingerprint density at radius 2 is 1.79 bits per heavy atom. The molecule has 5 aromatic rings. The van der Waals surface area contributed by atoms with Gasteiger partial charge in [0.2, 0.25) is 0 Å². The maximum absolute atomic E-state index is 10.1. The van der Waals surface area contributed by atoms with Crippen LogP contribution in [0.3, 0.4) is 0 Å². The van der Waals surface area contributed by atoms with Crippen LogP contribution < -0.4 is 14.2 Å². The number of rotatable bonds is 8. The van der Waals surface area contributed by atoms with Gasteiger partial charge in [0.1, 0.15) is 17.9 Å². The molecule has 0 aliphatic rings. The Labute approximate surface area is 229 Å². The molecule has 192 valence electrons. The van der Waals surface area contributed by atoms with Crippen molar-refractivity contribution in [3.63, 3.8) is 0 Å². The van der Waals surface area contributed by atoms with Gasteiger partial charge in [0, 0.05) is 39.1 Å². The van der Waals surface area contributed by atoms with Crippen molar-refractivity contribution in [2.24, 2.45) is 4.99 Å². The number of benzene rings is 3. The van der Waals surface area contributed by atoms with Gasteiger partial charge in [-0.25, -0.2) is 9.98 Å². The van der Waals surface area contributed by atoms with E-state index in [1.807, 2.05) is 53.1 Å². The molecule has 0 amide bonds. The predicted octanol–water partition coefficient (Wildman–Crippen LogP) is 7.36. The Kier molecular flexibility index (Phi) is 7.40. The summed E-state index contributed by atoms with van der Waals surface area (Å²) >= 11 is 12.4. The van der Waals surface area contributed by atoms with Gasteiger partial charge in [0.25, 0.3) is 0 Å². The topological polar surface area (TPSA) is 77.6 Å². The second kappa shape index (κ2) is 11.0. The van der Waals surface area contributed by atoms with Crippen LogP contribution in [0.2, 0.25) is 10.0 Å². The maximum atomic E-state index is 10.1. The number of aliphatic imine (C=N–C) groups is 1. The Morgan fingerprint density at radius 3 is 2.58 bits per heavy atom. The third kappa shape index (κ3) is 5.11. The van der Waals surface area contributed by atoms with Crippen molar-refractivity contribution in [2.75, 3.05) is 14.2 Å². The highest BCUT2D eigenvalue weighted by molar-refractivity contribution is 6.35. The minimum absolute atomic E-state index is 0.0454. The summed E-state index contributed by atoms with van der Waals surface area (Å²) < 4.78 is 18.9. The second-order valence-electron chi connectivity index (χ2n) is 8.26. The third-order valence-electron chi connectivity index (χ3n) is 5.90. The molecule has 38 heavy (non-hydrogen) atoms. The number of methoxy groups -OCH3 is 2. The Bertz CT molecular complexity index is 1650. The lowest BCUT2D eigenvalue weighted by molar-refractivity contribution is 0.284. The molecule has 1 N–H and O–H groups in total. The van der Waals surface area contributed by atoms with Gasteiger partial charge in [-0.1, -0.05) is 41.4 Å². The number of ether oxygens (including phenoxy) is 3. The molecule has 0 aliphatic carbocycles. The molecule has 0 radical (unpaired) electrons. The lowest BCUT2D eigenvalue weighted by Gasteiger charge is -2.14. The highest BCUT2D eigenvalue weighted by atomic mass is 35.5. The molecule has 0 bridgehead atoms. The number of hydrogen-bond donors (Lipinski definition) is 1. The van der Waals surface area contributed by atoms with E-state index in [0.717, 1.165) is 16.8 Å². The fourth-order valence-corrected chi connectivity index (χ4v) is 4.46. The van der Waals surface area contributed by atoms with Crippen molar-refractivity contribution in [3.05, 3.63) is 100 Å². The van der Waals surface area contributed by atoms with E-state index in [-0.39, 0.29) is 12.4 Å². The molecule has 0 atom stereocenters. The number of fused-ring (bicyclic) bond motifs is 1. The molecule has 0 spiro atoms. The van der Waals surface area contributed by atoms with Crippen LogP contribution in [0.25, 0.3) is 16.9 Å². The zero-order chi connectivity index (χ0) is 26.6. The molecular weight excluding hydrogens is 525 g/mol. The second-order valence-corrected chi connectivity index (χ2v) is 9.10. The average Bonchev–Trinajstić information content (AvgIpc) is 3.30. The molecule has 0 aliphatic heterocycles. The standard InChI is InChI=1S/C29H23Cl2N3O4/c1-36-24-7-5-6-19(28(24)38-17-20-9-11-21(30)15-22(20)31)16-32-29-27(33-26-8-3-4-13-34(26)29)18-10-12-23(35)25(14-18)37-2/h3-16,35H,17H2,1-2H3. The van der Waals surface area contributed by atoms with E-state index in [1.165, 1.54) is 7.11 Å². The molecular formula is C29H23Cl2N3O4. The molecule has 2 heterocycles. The first-order chi connectivity index (χ1) is 18.5. The van der Waals surface area contributed by atoms with Gasteiger partial charge < -0.3 is 19.3 Å². The van der Waals surface area contributed by atoms with Crippen molar-refractivity contribution >= 4 is 40.9 Å². The monoisotopic (exact) mass is 547 g/mol. The molecule has 0 unspecified atom stereocenters. The highest BCUT2D eigenvalue weighted by Crippen LogP contribution is 2.37. The Hall–Kier alpha value is -4.20. The fourth-order valence-electron chi connectivity index (χ4n) is 3.99. The SMILES string of the molecule is COc1cc(-c2nc3ccccn3c2N=Cc2cccc(OC)c2OCc2ccc(Cl)cc2Cl)ccc1O. The summed E-state index contributed by atoms with van der Waals surface area (Å²) in [5.74, 6) is 2.07. The summed E-state index contributed by atoms with van der Waals surface area (Å²) in [5.41, 5.74) is 3.59. The number of phenols is 1. The summed E-state index contributed by atoms with van der Waals surface area (Å²) in [4.78, 5) is 9.61. The minimum Gasteiger partial charge on any atom is -0.504 e. The molecule has 0 saturated heterocycles. The maximum Gasteiger partial charge on any atom is 0.170 e. The number of nitrogens with zero attached hydrogens (tertiary/aromatic N) is 3. The van der Waals surface area contributed by atoms with E-state index in [1.54, 1.807) is 43.7 Å². The number of imidazole rings is 1.